The monoisotopic (exact) mass is 387 g/mol. The minimum absolute atomic E-state index is 0.0433. The number of hydrogen-bond donors (Lipinski definition) is 0. The minimum atomic E-state index is -1.19. The predicted molar refractivity (Wildman–Crippen MR) is 102 cm³/mol. The maximum Gasteiger partial charge on any atom is 0.336 e. The molecule has 0 saturated heterocycles. The Balaban J connectivity index is 2.46. The Labute approximate surface area is 164 Å². The highest BCUT2D eigenvalue weighted by Crippen LogP contribution is 2.30. The van der Waals surface area contributed by atoms with E-state index in [-0.39, 0.29) is 31.0 Å². The molecule has 1 aromatic carbocycles. The Kier molecular flexibility index (Phi) is 7.80. The van der Waals surface area contributed by atoms with Gasteiger partial charge in [-0.3, -0.25) is 4.79 Å². The normalized spacial score (nSPS) is 14.0. The average Bonchev–Trinajstić information content (AvgIpc) is 2.68. The number of carbonyl (C=O) groups is 3. The molecule has 1 aromatic rings. The van der Waals surface area contributed by atoms with Crippen molar-refractivity contribution in [3.8, 4) is 0 Å². The molecule has 0 spiro atoms. The summed E-state index contributed by atoms with van der Waals surface area (Å²) in [6, 6.07) is 9.54. The zero-order valence-corrected chi connectivity index (χ0v) is 16.3. The van der Waals surface area contributed by atoms with Crippen LogP contribution in [-0.4, -0.2) is 42.6 Å². The molecule has 0 bridgehead atoms. The van der Waals surface area contributed by atoms with Gasteiger partial charge < -0.3 is 19.1 Å². The molecular formula is C21H25NO6. The summed E-state index contributed by atoms with van der Waals surface area (Å²) in [5, 5.41) is 0. The Hall–Kier alpha value is -3.09. The Morgan fingerprint density at radius 3 is 1.79 bits per heavy atom. The highest BCUT2D eigenvalue weighted by atomic mass is 16.5. The SMILES string of the molecule is CCOC(=O)C1=CN(Cc2ccccc2)C=C(C(=O)OCC)C1C(=O)OCC. The Morgan fingerprint density at radius 2 is 1.32 bits per heavy atom. The van der Waals surface area contributed by atoms with Crippen molar-refractivity contribution < 1.29 is 28.6 Å². The molecule has 2 rings (SSSR count). The van der Waals surface area contributed by atoms with Gasteiger partial charge in [0.25, 0.3) is 0 Å². The molecule has 0 atom stereocenters. The van der Waals surface area contributed by atoms with Crippen LogP contribution in [0.25, 0.3) is 0 Å². The molecule has 0 N–H and O–H groups in total. The van der Waals surface area contributed by atoms with Gasteiger partial charge in [-0.1, -0.05) is 30.3 Å². The molecule has 28 heavy (non-hydrogen) atoms. The standard InChI is InChI=1S/C21H25NO6/c1-4-26-19(23)16-13-22(12-15-10-8-7-9-11-15)14-17(20(24)27-5-2)18(16)21(25)28-6-3/h7-11,13-14,18H,4-6,12H2,1-3H3. The maximum atomic E-state index is 12.6. The summed E-state index contributed by atoms with van der Waals surface area (Å²) in [4.78, 5) is 39.3. The second kappa shape index (κ2) is 10.3. The third kappa shape index (κ3) is 5.22. The van der Waals surface area contributed by atoms with Crippen LogP contribution in [0.1, 0.15) is 26.3 Å². The van der Waals surface area contributed by atoms with Gasteiger partial charge in [0, 0.05) is 18.9 Å². The van der Waals surface area contributed by atoms with Crippen molar-refractivity contribution >= 4 is 17.9 Å². The maximum absolute atomic E-state index is 12.6. The summed E-state index contributed by atoms with van der Waals surface area (Å²) in [5.41, 5.74) is 1.06. The highest BCUT2D eigenvalue weighted by molar-refractivity contribution is 6.04. The lowest BCUT2D eigenvalue weighted by molar-refractivity contribution is -0.151. The molecule has 1 aliphatic rings. The van der Waals surface area contributed by atoms with Crippen LogP contribution in [0.2, 0.25) is 0 Å². The highest BCUT2D eigenvalue weighted by Gasteiger charge is 2.40. The first-order valence-corrected chi connectivity index (χ1v) is 9.25. The molecule has 0 unspecified atom stereocenters. The van der Waals surface area contributed by atoms with E-state index in [0.29, 0.717) is 6.54 Å². The number of benzene rings is 1. The topological polar surface area (TPSA) is 82.1 Å². The van der Waals surface area contributed by atoms with Gasteiger partial charge in [0.05, 0.1) is 31.0 Å². The number of hydrogen-bond acceptors (Lipinski definition) is 7. The molecule has 0 aromatic heterocycles. The molecule has 0 aliphatic carbocycles. The first-order valence-electron chi connectivity index (χ1n) is 9.25. The molecule has 1 heterocycles. The molecule has 7 heteroatoms. The van der Waals surface area contributed by atoms with Crippen LogP contribution in [-0.2, 0) is 35.1 Å². The molecular weight excluding hydrogens is 362 g/mol. The summed E-state index contributed by atoms with van der Waals surface area (Å²) in [5.74, 6) is -3.23. The summed E-state index contributed by atoms with van der Waals surface area (Å²) in [6.07, 6.45) is 3.05. The van der Waals surface area contributed by atoms with Crippen molar-refractivity contribution in [2.24, 2.45) is 5.92 Å². The van der Waals surface area contributed by atoms with E-state index >= 15 is 0 Å². The Morgan fingerprint density at radius 1 is 0.821 bits per heavy atom. The summed E-state index contributed by atoms with van der Waals surface area (Å²) in [6.45, 7) is 5.81. The van der Waals surface area contributed by atoms with Gasteiger partial charge in [-0.15, -0.1) is 0 Å². The second-order valence-electron chi connectivity index (χ2n) is 5.95. The van der Waals surface area contributed by atoms with Crippen molar-refractivity contribution in [3.63, 3.8) is 0 Å². The number of esters is 3. The van der Waals surface area contributed by atoms with E-state index < -0.39 is 23.8 Å². The number of carbonyl (C=O) groups excluding carboxylic acids is 3. The first kappa shape index (κ1) is 21.2. The smallest absolute Gasteiger partial charge is 0.336 e. The van der Waals surface area contributed by atoms with E-state index in [0.717, 1.165) is 5.56 Å². The van der Waals surface area contributed by atoms with E-state index in [1.165, 1.54) is 12.4 Å². The Bertz CT molecular complexity index is 732. The molecule has 1 aliphatic heterocycles. The lowest BCUT2D eigenvalue weighted by atomic mass is 9.89. The summed E-state index contributed by atoms with van der Waals surface area (Å²) < 4.78 is 15.3. The van der Waals surface area contributed by atoms with Crippen molar-refractivity contribution in [1.29, 1.82) is 0 Å². The second-order valence-corrected chi connectivity index (χ2v) is 5.95. The summed E-state index contributed by atoms with van der Waals surface area (Å²) >= 11 is 0. The van der Waals surface area contributed by atoms with Crippen molar-refractivity contribution in [3.05, 3.63) is 59.4 Å². The molecule has 0 saturated carbocycles. The third-order valence-electron chi connectivity index (χ3n) is 3.98. The third-order valence-corrected chi connectivity index (χ3v) is 3.98. The number of nitrogens with zero attached hydrogens (tertiary/aromatic N) is 1. The van der Waals surface area contributed by atoms with Gasteiger partial charge in [0.1, 0.15) is 5.92 Å². The van der Waals surface area contributed by atoms with Crippen molar-refractivity contribution in [2.75, 3.05) is 19.8 Å². The first-order chi connectivity index (χ1) is 13.5. The predicted octanol–water partition coefficient (Wildman–Crippen LogP) is 2.58. The molecule has 0 fully saturated rings. The van der Waals surface area contributed by atoms with Gasteiger partial charge >= 0.3 is 17.9 Å². The minimum Gasteiger partial charge on any atom is -0.465 e. The fraction of sp³-hybridized carbons (Fsp3) is 0.381. The quantitative estimate of drug-likeness (QED) is 0.501. The van der Waals surface area contributed by atoms with Crippen LogP contribution < -0.4 is 0 Å². The van der Waals surface area contributed by atoms with Gasteiger partial charge in [-0.25, -0.2) is 9.59 Å². The van der Waals surface area contributed by atoms with E-state index in [1.54, 1.807) is 25.7 Å². The fourth-order valence-electron chi connectivity index (χ4n) is 2.85. The molecule has 0 amide bonds. The van der Waals surface area contributed by atoms with Crippen LogP contribution in [0.15, 0.2) is 53.9 Å². The molecule has 7 nitrogen and oxygen atoms in total. The number of rotatable bonds is 8. The molecule has 150 valence electrons. The van der Waals surface area contributed by atoms with E-state index in [1.807, 2.05) is 30.3 Å². The van der Waals surface area contributed by atoms with Gasteiger partial charge in [-0.2, -0.15) is 0 Å². The van der Waals surface area contributed by atoms with E-state index in [9.17, 15) is 14.4 Å². The fourth-order valence-corrected chi connectivity index (χ4v) is 2.85. The van der Waals surface area contributed by atoms with Gasteiger partial charge in [0.2, 0.25) is 0 Å². The lowest BCUT2D eigenvalue weighted by Crippen LogP contribution is -2.35. The van der Waals surface area contributed by atoms with Gasteiger partial charge in [-0.05, 0) is 26.3 Å². The van der Waals surface area contributed by atoms with Crippen molar-refractivity contribution in [1.82, 2.24) is 4.90 Å². The summed E-state index contributed by atoms with van der Waals surface area (Å²) in [7, 11) is 0. The largest absolute Gasteiger partial charge is 0.465 e. The zero-order valence-electron chi connectivity index (χ0n) is 16.3. The van der Waals surface area contributed by atoms with Crippen molar-refractivity contribution in [2.45, 2.75) is 27.3 Å². The lowest BCUT2D eigenvalue weighted by Gasteiger charge is -2.29. The van der Waals surface area contributed by atoms with E-state index in [2.05, 4.69) is 0 Å². The van der Waals surface area contributed by atoms with Gasteiger partial charge in [0.15, 0.2) is 0 Å². The van der Waals surface area contributed by atoms with E-state index in [4.69, 9.17) is 14.2 Å². The average molecular weight is 387 g/mol. The van der Waals surface area contributed by atoms with Crippen LogP contribution >= 0.6 is 0 Å². The number of ether oxygens (including phenoxy) is 3. The van der Waals surface area contributed by atoms with Crippen LogP contribution in [0.5, 0.6) is 0 Å². The van der Waals surface area contributed by atoms with Crippen LogP contribution in [0, 0.1) is 5.92 Å². The van der Waals surface area contributed by atoms with Crippen LogP contribution in [0.3, 0.4) is 0 Å². The zero-order chi connectivity index (χ0) is 20.5. The van der Waals surface area contributed by atoms with Crippen LogP contribution in [0.4, 0.5) is 0 Å². The molecule has 0 radical (unpaired) electrons.